The van der Waals surface area contributed by atoms with Crippen molar-refractivity contribution in [2.45, 2.75) is 63.2 Å². The molecule has 1 aliphatic rings. The van der Waals surface area contributed by atoms with E-state index in [9.17, 15) is 9.90 Å². The lowest BCUT2D eigenvalue weighted by atomic mass is 9.94. The van der Waals surface area contributed by atoms with Gasteiger partial charge < -0.3 is 34.1 Å². The first-order chi connectivity index (χ1) is 20.1. The molecule has 3 aromatic rings. The largest absolute Gasteiger partial charge is 0.387 e. The van der Waals surface area contributed by atoms with Crippen molar-refractivity contribution >= 4 is 5.91 Å². The number of hydrogen-bond donors (Lipinski definition) is 2. The normalized spacial score (nSPS) is 22.3. The Bertz CT molecular complexity index is 1130. The van der Waals surface area contributed by atoms with Crippen molar-refractivity contribution in [1.82, 2.24) is 5.32 Å². The molecule has 220 valence electrons. The molecule has 0 radical (unpaired) electrons. The number of amides is 1. The summed E-state index contributed by atoms with van der Waals surface area (Å²) in [4.78, 5) is 11.6. The van der Waals surface area contributed by atoms with Gasteiger partial charge in [-0.05, 0) is 23.1 Å². The summed E-state index contributed by atoms with van der Waals surface area (Å²) in [7, 11) is 1.62. The van der Waals surface area contributed by atoms with E-state index in [4.69, 9.17) is 23.7 Å². The number of carbonyl (C=O) groups excluding carboxylic acids is 1. The second-order valence-corrected chi connectivity index (χ2v) is 10.1. The number of aliphatic hydroxyl groups excluding tert-OH is 1. The van der Waals surface area contributed by atoms with Gasteiger partial charge in [0, 0.05) is 20.1 Å². The lowest BCUT2D eigenvalue weighted by Crippen LogP contribution is -2.61. The van der Waals surface area contributed by atoms with Gasteiger partial charge in [-0.2, -0.15) is 0 Å². The standard InChI is InChI=1S/C33H41NO7/c1-34-30(35)18-11-19-37-23-28-32(39-21-26-14-7-3-8-15-26)31(36)33(40-22-27-16-9-4-10-17-27)29(41-28)24-38-20-25-12-5-2-6-13-25/h2-10,12-17,28-29,31-33,36H,11,18-24H2,1H3,(H,34,35)/t28-,29+,31?,32?,33?/m0/s1. The molecular weight excluding hydrogens is 522 g/mol. The van der Waals surface area contributed by atoms with Crippen molar-refractivity contribution in [3.05, 3.63) is 108 Å². The number of ether oxygens (including phenoxy) is 5. The number of hydrogen-bond acceptors (Lipinski definition) is 7. The van der Waals surface area contributed by atoms with Crippen LogP contribution in [-0.4, -0.2) is 68.4 Å². The quantitative estimate of drug-likeness (QED) is 0.254. The number of benzene rings is 3. The Kier molecular flexibility index (Phi) is 12.8. The highest BCUT2D eigenvalue weighted by Crippen LogP contribution is 2.28. The van der Waals surface area contributed by atoms with Gasteiger partial charge in [0.05, 0.1) is 33.0 Å². The third-order valence-electron chi connectivity index (χ3n) is 6.97. The van der Waals surface area contributed by atoms with Crippen molar-refractivity contribution in [2.75, 3.05) is 26.9 Å². The zero-order chi connectivity index (χ0) is 28.7. The maximum Gasteiger partial charge on any atom is 0.219 e. The molecule has 3 aromatic carbocycles. The van der Waals surface area contributed by atoms with E-state index in [0.717, 1.165) is 16.7 Å². The highest BCUT2D eigenvalue weighted by Gasteiger charge is 2.46. The van der Waals surface area contributed by atoms with Gasteiger partial charge in [0.15, 0.2) is 0 Å². The van der Waals surface area contributed by atoms with E-state index in [2.05, 4.69) is 5.32 Å². The second kappa shape index (κ2) is 17.0. The summed E-state index contributed by atoms with van der Waals surface area (Å²) in [5.41, 5.74) is 3.03. The van der Waals surface area contributed by atoms with Crippen LogP contribution in [0.2, 0.25) is 0 Å². The molecule has 0 spiro atoms. The molecule has 0 aromatic heterocycles. The van der Waals surface area contributed by atoms with Crippen LogP contribution < -0.4 is 5.32 Å². The molecule has 4 rings (SSSR count). The van der Waals surface area contributed by atoms with E-state index >= 15 is 0 Å². The van der Waals surface area contributed by atoms with Crippen LogP contribution in [-0.2, 0) is 48.3 Å². The predicted octanol–water partition coefficient (Wildman–Crippen LogP) is 4.05. The van der Waals surface area contributed by atoms with Crippen LogP contribution in [0.25, 0.3) is 0 Å². The zero-order valence-corrected chi connectivity index (χ0v) is 23.6. The molecule has 8 nitrogen and oxygen atoms in total. The van der Waals surface area contributed by atoms with Gasteiger partial charge in [0.1, 0.15) is 30.5 Å². The summed E-state index contributed by atoms with van der Waals surface area (Å²) in [6.07, 6.45) is -2.51. The molecular formula is C33H41NO7. The minimum absolute atomic E-state index is 0.0314. The topological polar surface area (TPSA) is 95.5 Å². The van der Waals surface area contributed by atoms with Crippen molar-refractivity contribution in [3.63, 3.8) is 0 Å². The highest BCUT2D eigenvalue weighted by atomic mass is 16.6. The van der Waals surface area contributed by atoms with Gasteiger partial charge >= 0.3 is 0 Å². The average molecular weight is 564 g/mol. The number of rotatable bonds is 16. The first-order valence-electron chi connectivity index (χ1n) is 14.2. The minimum Gasteiger partial charge on any atom is -0.387 e. The summed E-state index contributed by atoms with van der Waals surface area (Å²) in [6, 6.07) is 29.5. The molecule has 1 fully saturated rings. The molecule has 1 aliphatic heterocycles. The third kappa shape index (κ3) is 10.0. The molecule has 8 heteroatoms. The van der Waals surface area contributed by atoms with Gasteiger partial charge in [-0.1, -0.05) is 91.0 Å². The summed E-state index contributed by atoms with van der Waals surface area (Å²) < 4.78 is 31.0. The van der Waals surface area contributed by atoms with Gasteiger partial charge in [-0.15, -0.1) is 0 Å². The minimum atomic E-state index is -0.985. The molecule has 1 amide bonds. The van der Waals surface area contributed by atoms with E-state index in [1.165, 1.54) is 0 Å². The Labute approximate surface area is 242 Å². The fourth-order valence-corrected chi connectivity index (χ4v) is 4.75. The van der Waals surface area contributed by atoms with Crippen LogP contribution in [0.15, 0.2) is 91.0 Å². The highest BCUT2D eigenvalue weighted by molar-refractivity contribution is 5.75. The number of aliphatic hydroxyl groups is 1. The van der Waals surface area contributed by atoms with E-state index < -0.39 is 30.5 Å². The molecule has 41 heavy (non-hydrogen) atoms. The Morgan fingerprint density at radius 2 is 1.20 bits per heavy atom. The molecule has 0 aliphatic carbocycles. The molecule has 1 heterocycles. The lowest BCUT2D eigenvalue weighted by Gasteiger charge is -2.44. The molecule has 5 atom stereocenters. The second-order valence-electron chi connectivity index (χ2n) is 10.1. The van der Waals surface area contributed by atoms with E-state index in [1.807, 2.05) is 91.0 Å². The first-order valence-corrected chi connectivity index (χ1v) is 14.2. The molecule has 0 bridgehead atoms. The summed E-state index contributed by atoms with van der Waals surface area (Å²) in [6.45, 7) is 1.84. The summed E-state index contributed by atoms with van der Waals surface area (Å²) in [5, 5.41) is 14.3. The fraction of sp³-hybridized carbons (Fsp3) is 0.424. The van der Waals surface area contributed by atoms with Crippen LogP contribution >= 0.6 is 0 Å². The predicted molar refractivity (Wildman–Crippen MR) is 155 cm³/mol. The van der Waals surface area contributed by atoms with Gasteiger partial charge in [0.25, 0.3) is 0 Å². The van der Waals surface area contributed by atoms with Crippen LogP contribution in [0, 0.1) is 0 Å². The molecule has 0 saturated carbocycles. The van der Waals surface area contributed by atoms with Crippen LogP contribution in [0.4, 0.5) is 0 Å². The monoisotopic (exact) mass is 563 g/mol. The van der Waals surface area contributed by atoms with Crippen molar-refractivity contribution in [2.24, 2.45) is 0 Å². The van der Waals surface area contributed by atoms with Gasteiger partial charge in [0.2, 0.25) is 5.91 Å². The number of nitrogens with one attached hydrogen (secondary N) is 1. The molecule has 3 unspecified atom stereocenters. The van der Waals surface area contributed by atoms with Crippen LogP contribution in [0.1, 0.15) is 29.5 Å². The summed E-state index contributed by atoms with van der Waals surface area (Å²) in [5.74, 6) is -0.0314. The SMILES string of the molecule is CNC(=O)CCCOC[C@@H]1O[C@H](COCc2ccccc2)C(OCc2ccccc2)C(O)C1OCc1ccccc1. The van der Waals surface area contributed by atoms with Crippen LogP contribution in [0.3, 0.4) is 0 Å². The number of carbonyl (C=O) groups is 1. The Hall–Kier alpha value is -3.11. The fourth-order valence-electron chi connectivity index (χ4n) is 4.75. The van der Waals surface area contributed by atoms with Gasteiger partial charge in [-0.3, -0.25) is 4.79 Å². The van der Waals surface area contributed by atoms with E-state index in [0.29, 0.717) is 39.3 Å². The molecule has 1 saturated heterocycles. The zero-order valence-electron chi connectivity index (χ0n) is 23.6. The summed E-state index contributed by atoms with van der Waals surface area (Å²) >= 11 is 0. The van der Waals surface area contributed by atoms with Crippen molar-refractivity contribution in [1.29, 1.82) is 0 Å². The average Bonchev–Trinajstić information content (AvgIpc) is 3.01. The Morgan fingerprint density at radius 1 is 0.732 bits per heavy atom. The van der Waals surface area contributed by atoms with E-state index in [1.54, 1.807) is 7.05 Å². The van der Waals surface area contributed by atoms with Gasteiger partial charge in [-0.25, -0.2) is 0 Å². The first kappa shape index (κ1) is 30.8. The molecule has 2 N–H and O–H groups in total. The van der Waals surface area contributed by atoms with Crippen molar-refractivity contribution in [3.8, 4) is 0 Å². The van der Waals surface area contributed by atoms with E-state index in [-0.39, 0.29) is 19.1 Å². The maximum absolute atomic E-state index is 11.7. The smallest absolute Gasteiger partial charge is 0.219 e. The van der Waals surface area contributed by atoms with Crippen molar-refractivity contribution < 1.29 is 33.6 Å². The van der Waals surface area contributed by atoms with Crippen LogP contribution in [0.5, 0.6) is 0 Å². The Balaban J connectivity index is 1.45. The Morgan fingerprint density at radius 3 is 1.68 bits per heavy atom. The maximum atomic E-state index is 11.7. The third-order valence-corrected chi connectivity index (χ3v) is 6.97. The lowest BCUT2D eigenvalue weighted by molar-refractivity contribution is -0.267.